The minimum atomic E-state index is -0.181. The Morgan fingerprint density at radius 1 is 1.15 bits per heavy atom. The van der Waals surface area contributed by atoms with E-state index >= 15 is 0 Å². The minimum absolute atomic E-state index is 0.00200. The summed E-state index contributed by atoms with van der Waals surface area (Å²) in [5, 5.41) is 9.28. The fraction of sp³-hybridized carbons (Fsp3) is 0.286. The van der Waals surface area contributed by atoms with E-state index in [4.69, 9.17) is 0 Å². The van der Waals surface area contributed by atoms with Crippen LogP contribution in [-0.2, 0) is 16.0 Å². The first-order valence-corrected chi connectivity index (χ1v) is 8.77. The van der Waals surface area contributed by atoms with Gasteiger partial charge in [0.25, 0.3) is 0 Å². The molecule has 0 unspecified atom stereocenters. The molecule has 26 heavy (non-hydrogen) atoms. The van der Waals surface area contributed by atoms with Crippen molar-refractivity contribution in [2.45, 2.75) is 26.2 Å². The summed E-state index contributed by atoms with van der Waals surface area (Å²) >= 11 is 0. The summed E-state index contributed by atoms with van der Waals surface area (Å²) in [6.45, 7) is 2.41. The third-order valence-electron chi connectivity index (χ3n) is 4.66. The van der Waals surface area contributed by atoms with Gasteiger partial charge in [-0.25, -0.2) is 0 Å². The maximum atomic E-state index is 12.8. The van der Waals surface area contributed by atoms with E-state index in [-0.39, 0.29) is 24.8 Å². The molecule has 0 N–H and O–H groups in total. The number of anilines is 2. The van der Waals surface area contributed by atoms with Crippen LogP contribution in [0.3, 0.4) is 0 Å². The number of benzene rings is 2. The van der Waals surface area contributed by atoms with E-state index in [2.05, 4.69) is 12.1 Å². The van der Waals surface area contributed by atoms with E-state index in [1.807, 2.05) is 23.1 Å². The maximum absolute atomic E-state index is 12.8. The molecule has 1 aliphatic heterocycles. The van der Waals surface area contributed by atoms with Crippen LogP contribution in [0, 0.1) is 11.3 Å². The summed E-state index contributed by atoms with van der Waals surface area (Å²) in [6, 6.07) is 17.0. The van der Waals surface area contributed by atoms with Gasteiger partial charge in [-0.2, -0.15) is 5.26 Å². The molecule has 5 heteroatoms. The van der Waals surface area contributed by atoms with Crippen molar-refractivity contribution < 1.29 is 9.59 Å². The molecule has 0 spiro atoms. The lowest BCUT2D eigenvalue weighted by molar-refractivity contribution is -0.118. The summed E-state index contributed by atoms with van der Waals surface area (Å²) in [6.07, 6.45) is 2.14. The number of aryl methyl sites for hydroxylation is 1. The lowest BCUT2D eigenvalue weighted by atomic mass is 10.0. The first-order chi connectivity index (χ1) is 12.6. The zero-order chi connectivity index (χ0) is 18.5. The van der Waals surface area contributed by atoms with Crippen LogP contribution in [0.15, 0.2) is 48.5 Å². The van der Waals surface area contributed by atoms with Crippen molar-refractivity contribution in [1.29, 1.82) is 5.26 Å². The molecular weight excluding hydrogens is 326 g/mol. The molecule has 0 bridgehead atoms. The van der Waals surface area contributed by atoms with Crippen LogP contribution < -0.4 is 9.80 Å². The first-order valence-electron chi connectivity index (χ1n) is 8.77. The lowest BCUT2D eigenvalue weighted by Gasteiger charge is -2.30. The third-order valence-corrected chi connectivity index (χ3v) is 4.66. The number of rotatable bonds is 4. The van der Waals surface area contributed by atoms with Crippen LogP contribution in [0.25, 0.3) is 0 Å². The van der Waals surface area contributed by atoms with E-state index in [1.54, 1.807) is 24.3 Å². The average molecular weight is 347 g/mol. The Kier molecular flexibility index (Phi) is 5.33. The quantitative estimate of drug-likeness (QED) is 0.852. The number of para-hydroxylation sites is 2. The monoisotopic (exact) mass is 347 g/mol. The van der Waals surface area contributed by atoms with E-state index in [0.29, 0.717) is 17.8 Å². The molecular formula is C21H21N3O2. The van der Waals surface area contributed by atoms with Gasteiger partial charge in [-0.15, -0.1) is 0 Å². The summed E-state index contributed by atoms with van der Waals surface area (Å²) in [7, 11) is 0. The Hall–Kier alpha value is -3.13. The minimum Gasteiger partial charge on any atom is -0.312 e. The fourth-order valence-corrected chi connectivity index (χ4v) is 3.39. The van der Waals surface area contributed by atoms with Crippen LogP contribution in [0.4, 0.5) is 11.4 Å². The van der Waals surface area contributed by atoms with Crippen molar-refractivity contribution in [2.75, 3.05) is 22.9 Å². The molecule has 2 aromatic rings. The lowest BCUT2D eigenvalue weighted by Crippen LogP contribution is -2.39. The standard InChI is InChI=1S/C21H21N3O2/c1-16(25)23(20-11-5-3-8-18(20)15-22)14-12-21(26)24-13-6-9-17-7-2-4-10-19(17)24/h2-5,7-8,10-11H,6,9,12-14H2,1H3. The summed E-state index contributed by atoms with van der Waals surface area (Å²) < 4.78 is 0. The number of fused-ring (bicyclic) bond motifs is 1. The number of carbonyl (C=O) groups is 2. The van der Waals surface area contributed by atoms with Gasteiger partial charge in [0.1, 0.15) is 6.07 Å². The molecule has 0 fully saturated rings. The predicted octanol–water partition coefficient (Wildman–Crippen LogP) is 3.28. The number of nitriles is 1. The van der Waals surface area contributed by atoms with Gasteiger partial charge < -0.3 is 9.80 Å². The molecule has 1 heterocycles. The molecule has 0 atom stereocenters. The maximum Gasteiger partial charge on any atom is 0.228 e. The molecule has 0 saturated carbocycles. The van der Waals surface area contributed by atoms with Crippen molar-refractivity contribution in [1.82, 2.24) is 0 Å². The van der Waals surface area contributed by atoms with Gasteiger partial charge in [-0.05, 0) is 36.6 Å². The highest BCUT2D eigenvalue weighted by atomic mass is 16.2. The summed E-state index contributed by atoms with van der Waals surface area (Å²) in [5.74, 6) is -0.183. The molecule has 0 aromatic heterocycles. The topological polar surface area (TPSA) is 64.4 Å². The summed E-state index contributed by atoms with van der Waals surface area (Å²) in [4.78, 5) is 28.2. The van der Waals surface area contributed by atoms with Crippen molar-refractivity contribution in [3.05, 3.63) is 59.7 Å². The third kappa shape index (κ3) is 3.60. The van der Waals surface area contributed by atoms with Crippen LogP contribution in [-0.4, -0.2) is 24.9 Å². The van der Waals surface area contributed by atoms with Gasteiger partial charge in [-0.3, -0.25) is 9.59 Å². The summed E-state index contributed by atoms with van der Waals surface area (Å²) in [5.41, 5.74) is 3.13. The fourth-order valence-electron chi connectivity index (χ4n) is 3.39. The van der Waals surface area contributed by atoms with Crippen LogP contribution in [0.2, 0.25) is 0 Å². The Balaban J connectivity index is 1.76. The molecule has 1 aliphatic rings. The smallest absolute Gasteiger partial charge is 0.228 e. The van der Waals surface area contributed by atoms with Crippen molar-refractivity contribution >= 4 is 23.2 Å². The number of carbonyl (C=O) groups excluding carboxylic acids is 2. The van der Waals surface area contributed by atoms with Crippen molar-refractivity contribution in [3.8, 4) is 6.07 Å². The number of amides is 2. The largest absolute Gasteiger partial charge is 0.312 e. The molecule has 2 aromatic carbocycles. The van der Waals surface area contributed by atoms with Crippen molar-refractivity contribution in [3.63, 3.8) is 0 Å². The first kappa shape index (κ1) is 17.7. The zero-order valence-corrected chi connectivity index (χ0v) is 14.8. The van der Waals surface area contributed by atoms with Gasteiger partial charge in [0.2, 0.25) is 11.8 Å². The second kappa shape index (κ2) is 7.83. The highest BCUT2D eigenvalue weighted by molar-refractivity contribution is 5.97. The number of nitrogens with zero attached hydrogens (tertiary/aromatic N) is 3. The predicted molar refractivity (Wildman–Crippen MR) is 101 cm³/mol. The van der Waals surface area contributed by atoms with Crippen LogP contribution in [0.5, 0.6) is 0 Å². The average Bonchev–Trinajstić information content (AvgIpc) is 2.67. The molecule has 0 radical (unpaired) electrons. The normalized spacial score (nSPS) is 12.8. The second-order valence-electron chi connectivity index (χ2n) is 6.33. The van der Waals surface area contributed by atoms with Crippen LogP contribution in [0.1, 0.15) is 30.9 Å². The van der Waals surface area contributed by atoms with Gasteiger partial charge in [0, 0.05) is 32.1 Å². The van der Waals surface area contributed by atoms with Crippen LogP contribution >= 0.6 is 0 Å². The number of hydrogen-bond acceptors (Lipinski definition) is 3. The van der Waals surface area contributed by atoms with E-state index in [9.17, 15) is 14.9 Å². The molecule has 5 nitrogen and oxygen atoms in total. The van der Waals surface area contributed by atoms with E-state index < -0.39 is 0 Å². The molecule has 2 amide bonds. The molecule has 132 valence electrons. The van der Waals surface area contributed by atoms with E-state index in [1.165, 1.54) is 17.4 Å². The van der Waals surface area contributed by atoms with E-state index in [0.717, 1.165) is 18.5 Å². The Morgan fingerprint density at radius 3 is 2.65 bits per heavy atom. The van der Waals surface area contributed by atoms with Gasteiger partial charge in [0.15, 0.2) is 0 Å². The van der Waals surface area contributed by atoms with Crippen molar-refractivity contribution in [2.24, 2.45) is 0 Å². The second-order valence-corrected chi connectivity index (χ2v) is 6.33. The molecule has 3 rings (SSSR count). The Labute approximate surface area is 153 Å². The number of hydrogen-bond donors (Lipinski definition) is 0. The van der Waals surface area contributed by atoms with Gasteiger partial charge >= 0.3 is 0 Å². The molecule has 0 aliphatic carbocycles. The SMILES string of the molecule is CC(=O)N(CCC(=O)N1CCCc2ccccc21)c1ccccc1C#N. The highest BCUT2D eigenvalue weighted by Crippen LogP contribution is 2.27. The molecule has 0 saturated heterocycles. The Morgan fingerprint density at radius 2 is 1.88 bits per heavy atom. The van der Waals surface area contributed by atoms with Gasteiger partial charge in [0.05, 0.1) is 11.3 Å². The highest BCUT2D eigenvalue weighted by Gasteiger charge is 2.23. The zero-order valence-electron chi connectivity index (χ0n) is 14.8. The Bertz CT molecular complexity index is 870. The van der Waals surface area contributed by atoms with Gasteiger partial charge in [-0.1, -0.05) is 30.3 Å².